The SMILES string of the molecule is C1=CSCS1.c1ccc(CN(Cc2ccccc2)c2ncncn2)cc1. The van der Waals surface area contributed by atoms with Crippen molar-refractivity contribution in [3.05, 3.63) is 95.3 Å². The van der Waals surface area contributed by atoms with Crippen LogP contribution in [-0.2, 0) is 13.1 Å². The summed E-state index contributed by atoms with van der Waals surface area (Å²) in [6, 6.07) is 20.7. The standard InChI is InChI=1S/C17H16N4.C3H4S2/c1-3-7-15(8-4-1)11-21(17-19-13-18-14-20-17)12-16-9-5-2-6-10-16;1-2-5-3-4-1/h1-10,13-14H,11-12H2;1-2H,3H2. The molecule has 0 N–H and O–H groups in total. The summed E-state index contributed by atoms with van der Waals surface area (Å²) in [5.74, 6) is 0.692. The molecule has 0 unspecified atom stereocenters. The Balaban J connectivity index is 0.000000339. The lowest BCUT2D eigenvalue weighted by atomic mass is 10.2. The van der Waals surface area contributed by atoms with Gasteiger partial charge in [0.05, 0.1) is 0 Å². The van der Waals surface area contributed by atoms with E-state index >= 15 is 0 Å². The Morgan fingerprint density at radius 1 is 0.731 bits per heavy atom. The van der Waals surface area contributed by atoms with Crippen LogP contribution in [0.3, 0.4) is 0 Å². The van der Waals surface area contributed by atoms with Crippen molar-refractivity contribution in [2.24, 2.45) is 0 Å². The fourth-order valence-electron chi connectivity index (χ4n) is 2.40. The minimum atomic E-state index is 0.692. The van der Waals surface area contributed by atoms with Crippen molar-refractivity contribution < 1.29 is 0 Å². The first-order chi connectivity index (χ1) is 12.9. The molecule has 4 nitrogen and oxygen atoms in total. The number of anilines is 1. The van der Waals surface area contributed by atoms with Crippen LogP contribution in [0.4, 0.5) is 5.95 Å². The Kier molecular flexibility index (Phi) is 7.56. The van der Waals surface area contributed by atoms with E-state index in [4.69, 9.17) is 0 Å². The number of hydrogen-bond donors (Lipinski definition) is 0. The van der Waals surface area contributed by atoms with Gasteiger partial charge in [0.2, 0.25) is 5.95 Å². The maximum Gasteiger partial charge on any atom is 0.228 e. The van der Waals surface area contributed by atoms with Crippen LogP contribution < -0.4 is 4.90 Å². The van der Waals surface area contributed by atoms with Gasteiger partial charge in [0.15, 0.2) is 0 Å². The molecule has 0 fully saturated rings. The fraction of sp³-hybridized carbons (Fsp3) is 0.150. The second-order valence-corrected chi connectivity index (χ2v) is 7.64. The van der Waals surface area contributed by atoms with Gasteiger partial charge in [-0.05, 0) is 21.9 Å². The van der Waals surface area contributed by atoms with Gasteiger partial charge in [-0.3, -0.25) is 0 Å². The van der Waals surface area contributed by atoms with Gasteiger partial charge in [-0.25, -0.2) is 15.0 Å². The summed E-state index contributed by atoms with van der Waals surface area (Å²) < 4.78 is 0. The molecule has 26 heavy (non-hydrogen) atoms. The summed E-state index contributed by atoms with van der Waals surface area (Å²) in [4.78, 5) is 14.6. The molecule has 1 aliphatic heterocycles. The summed E-state index contributed by atoms with van der Waals surface area (Å²) in [5, 5.41) is 5.45. The predicted octanol–water partition coefficient (Wildman–Crippen LogP) is 4.97. The van der Waals surface area contributed by atoms with Gasteiger partial charge in [0, 0.05) is 18.2 Å². The molecule has 1 aliphatic rings. The molecule has 4 rings (SSSR count). The van der Waals surface area contributed by atoms with Crippen LogP contribution in [0.5, 0.6) is 0 Å². The molecule has 0 radical (unpaired) electrons. The summed E-state index contributed by atoms with van der Waals surface area (Å²) >= 11 is 3.71. The maximum absolute atomic E-state index is 4.28. The highest BCUT2D eigenvalue weighted by Gasteiger charge is 2.10. The molecule has 0 saturated carbocycles. The smallest absolute Gasteiger partial charge is 0.228 e. The molecule has 2 heterocycles. The Morgan fingerprint density at radius 3 is 1.65 bits per heavy atom. The molecule has 1 aromatic heterocycles. The summed E-state index contributed by atoms with van der Waals surface area (Å²) in [5.41, 5.74) is 2.46. The average Bonchev–Trinajstić information content (AvgIpc) is 3.30. The van der Waals surface area contributed by atoms with E-state index in [1.807, 2.05) is 59.9 Å². The van der Waals surface area contributed by atoms with Crippen molar-refractivity contribution in [1.82, 2.24) is 15.0 Å². The van der Waals surface area contributed by atoms with E-state index in [1.54, 1.807) is 0 Å². The van der Waals surface area contributed by atoms with Crippen LogP contribution in [0, 0.1) is 0 Å². The minimum absolute atomic E-state index is 0.692. The topological polar surface area (TPSA) is 41.9 Å². The summed E-state index contributed by atoms with van der Waals surface area (Å²) in [6.07, 6.45) is 3.07. The highest BCUT2D eigenvalue weighted by molar-refractivity contribution is 8.21. The molecular formula is C20H20N4S2. The van der Waals surface area contributed by atoms with Crippen LogP contribution in [0.25, 0.3) is 0 Å². The average molecular weight is 381 g/mol. The number of rotatable bonds is 5. The molecule has 2 aromatic carbocycles. The summed E-state index contributed by atoms with van der Waals surface area (Å²) in [6.45, 7) is 1.53. The van der Waals surface area contributed by atoms with Gasteiger partial charge in [0.1, 0.15) is 12.7 Å². The number of nitrogens with zero attached hydrogens (tertiary/aromatic N) is 4. The van der Waals surface area contributed by atoms with E-state index < -0.39 is 0 Å². The van der Waals surface area contributed by atoms with Crippen molar-refractivity contribution >= 4 is 29.5 Å². The van der Waals surface area contributed by atoms with E-state index in [2.05, 4.69) is 54.9 Å². The van der Waals surface area contributed by atoms with Crippen molar-refractivity contribution in [1.29, 1.82) is 0 Å². The van der Waals surface area contributed by atoms with Gasteiger partial charge < -0.3 is 4.90 Å². The summed E-state index contributed by atoms with van der Waals surface area (Å²) in [7, 11) is 0. The number of thioether (sulfide) groups is 2. The van der Waals surface area contributed by atoms with Crippen LogP contribution in [0.15, 0.2) is 84.1 Å². The number of aromatic nitrogens is 3. The third kappa shape index (κ3) is 6.20. The van der Waals surface area contributed by atoms with Crippen LogP contribution >= 0.6 is 23.5 Å². The zero-order chi connectivity index (χ0) is 17.9. The van der Waals surface area contributed by atoms with Crippen LogP contribution in [0.2, 0.25) is 0 Å². The predicted molar refractivity (Wildman–Crippen MR) is 112 cm³/mol. The molecule has 0 atom stereocenters. The van der Waals surface area contributed by atoms with Crippen LogP contribution in [0.1, 0.15) is 11.1 Å². The Hall–Kier alpha value is -2.31. The normalized spacial score (nSPS) is 12.3. The highest BCUT2D eigenvalue weighted by atomic mass is 32.2. The van der Waals surface area contributed by atoms with Crippen molar-refractivity contribution in [2.45, 2.75) is 13.1 Å². The van der Waals surface area contributed by atoms with Gasteiger partial charge in [-0.15, -0.1) is 23.5 Å². The van der Waals surface area contributed by atoms with Gasteiger partial charge in [0.25, 0.3) is 0 Å². The van der Waals surface area contributed by atoms with Gasteiger partial charge >= 0.3 is 0 Å². The van der Waals surface area contributed by atoms with Gasteiger partial charge in [-0.2, -0.15) is 0 Å². The fourth-order valence-corrected chi connectivity index (χ4v) is 3.97. The lowest BCUT2D eigenvalue weighted by Crippen LogP contribution is -2.24. The molecule has 0 bridgehead atoms. The second-order valence-electron chi connectivity index (χ2n) is 5.49. The molecule has 0 spiro atoms. The molecule has 0 amide bonds. The quantitative estimate of drug-likeness (QED) is 0.622. The third-order valence-electron chi connectivity index (χ3n) is 3.58. The van der Waals surface area contributed by atoms with Gasteiger partial charge in [-0.1, -0.05) is 60.7 Å². The van der Waals surface area contributed by atoms with E-state index in [1.165, 1.54) is 28.9 Å². The molecule has 0 aliphatic carbocycles. The Morgan fingerprint density at radius 2 is 1.23 bits per heavy atom. The molecule has 0 saturated heterocycles. The Bertz CT molecular complexity index is 735. The highest BCUT2D eigenvalue weighted by Crippen LogP contribution is 2.22. The van der Waals surface area contributed by atoms with E-state index in [0.29, 0.717) is 5.95 Å². The maximum atomic E-state index is 4.28. The number of hydrogen-bond acceptors (Lipinski definition) is 6. The largest absolute Gasteiger partial charge is 0.332 e. The van der Waals surface area contributed by atoms with E-state index in [-0.39, 0.29) is 0 Å². The zero-order valence-electron chi connectivity index (χ0n) is 14.3. The zero-order valence-corrected chi connectivity index (χ0v) is 15.9. The molecule has 132 valence electrons. The van der Waals surface area contributed by atoms with Crippen molar-refractivity contribution in [3.8, 4) is 0 Å². The van der Waals surface area contributed by atoms with Crippen molar-refractivity contribution in [2.75, 3.05) is 9.98 Å². The molecule has 3 aromatic rings. The molecule has 6 heteroatoms. The first-order valence-electron chi connectivity index (χ1n) is 8.25. The van der Waals surface area contributed by atoms with E-state index in [9.17, 15) is 0 Å². The first kappa shape index (κ1) is 18.5. The van der Waals surface area contributed by atoms with Crippen molar-refractivity contribution in [3.63, 3.8) is 0 Å². The second kappa shape index (κ2) is 10.6. The lowest BCUT2D eigenvalue weighted by molar-refractivity contribution is 0.757. The monoisotopic (exact) mass is 380 g/mol. The number of benzene rings is 2. The Labute approximate surface area is 162 Å². The van der Waals surface area contributed by atoms with E-state index in [0.717, 1.165) is 13.1 Å². The molecular weight excluding hydrogens is 360 g/mol. The third-order valence-corrected chi connectivity index (χ3v) is 5.50. The van der Waals surface area contributed by atoms with Crippen LogP contribution in [-0.4, -0.2) is 20.0 Å². The minimum Gasteiger partial charge on any atom is -0.332 e. The lowest BCUT2D eigenvalue weighted by Gasteiger charge is -2.22. The first-order valence-corrected chi connectivity index (χ1v) is 10.3.